The first kappa shape index (κ1) is 19.7. The van der Waals surface area contributed by atoms with Gasteiger partial charge in [0.2, 0.25) is 5.88 Å². The SMILES string of the molecule is O=C(NC1CCC(Oc2nc(N3CCOCC3)cc3ncncc23)CC1)c1ccc[nH]1. The molecule has 0 atom stereocenters. The Hall–Kier alpha value is -3.20. The zero-order chi connectivity index (χ0) is 21.0. The number of morpholine rings is 1. The van der Waals surface area contributed by atoms with Gasteiger partial charge in [-0.05, 0) is 37.8 Å². The fourth-order valence-electron chi connectivity index (χ4n) is 4.20. The van der Waals surface area contributed by atoms with E-state index in [9.17, 15) is 4.79 Å². The molecule has 31 heavy (non-hydrogen) atoms. The van der Waals surface area contributed by atoms with E-state index in [1.807, 2.05) is 12.1 Å². The van der Waals surface area contributed by atoms with Crippen molar-refractivity contribution in [3.05, 3.63) is 42.6 Å². The van der Waals surface area contributed by atoms with Crippen molar-refractivity contribution >= 4 is 22.6 Å². The van der Waals surface area contributed by atoms with E-state index in [0.29, 0.717) is 24.8 Å². The van der Waals surface area contributed by atoms with Crippen molar-refractivity contribution in [3.63, 3.8) is 0 Å². The molecule has 9 nitrogen and oxygen atoms in total. The van der Waals surface area contributed by atoms with E-state index >= 15 is 0 Å². The maximum atomic E-state index is 12.3. The molecule has 0 spiro atoms. The van der Waals surface area contributed by atoms with Gasteiger partial charge in [-0.3, -0.25) is 4.79 Å². The highest BCUT2D eigenvalue weighted by Crippen LogP contribution is 2.30. The minimum absolute atomic E-state index is 0.0504. The summed E-state index contributed by atoms with van der Waals surface area (Å²) in [7, 11) is 0. The van der Waals surface area contributed by atoms with E-state index in [1.165, 1.54) is 0 Å². The molecule has 9 heteroatoms. The van der Waals surface area contributed by atoms with Gasteiger partial charge in [-0.1, -0.05) is 0 Å². The average Bonchev–Trinajstić information content (AvgIpc) is 3.36. The molecule has 1 aliphatic heterocycles. The van der Waals surface area contributed by atoms with Crippen LogP contribution in [0.1, 0.15) is 36.2 Å². The summed E-state index contributed by atoms with van der Waals surface area (Å²) < 4.78 is 11.8. The zero-order valence-electron chi connectivity index (χ0n) is 17.3. The molecule has 162 valence electrons. The lowest BCUT2D eigenvalue weighted by atomic mass is 9.93. The van der Waals surface area contributed by atoms with Gasteiger partial charge in [0, 0.05) is 37.6 Å². The summed E-state index contributed by atoms with van der Waals surface area (Å²) in [6, 6.07) is 5.75. The van der Waals surface area contributed by atoms with Crippen LogP contribution in [0.5, 0.6) is 5.88 Å². The quantitative estimate of drug-likeness (QED) is 0.650. The molecule has 5 rings (SSSR count). The molecule has 3 aromatic rings. The first-order valence-electron chi connectivity index (χ1n) is 10.8. The highest BCUT2D eigenvalue weighted by molar-refractivity contribution is 5.92. The fraction of sp³-hybridized carbons (Fsp3) is 0.455. The number of aromatic amines is 1. The number of fused-ring (bicyclic) bond motifs is 1. The Balaban J connectivity index is 1.26. The molecule has 1 saturated heterocycles. The number of H-pyrrole nitrogens is 1. The van der Waals surface area contributed by atoms with Crippen molar-refractivity contribution in [3.8, 4) is 5.88 Å². The normalized spacial score (nSPS) is 21.7. The number of nitrogens with one attached hydrogen (secondary N) is 2. The molecule has 0 bridgehead atoms. The van der Waals surface area contributed by atoms with Gasteiger partial charge in [0.15, 0.2) is 0 Å². The van der Waals surface area contributed by atoms with Gasteiger partial charge >= 0.3 is 0 Å². The number of carbonyl (C=O) groups is 1. The summed E-state index contributed by atoms with van der Waals surface area (Å²) in [6.45, 7) is 2.99. The summed E-state index contributed by atoms with van der Waals surface area (Å²) in [5.74, 6) is 1.38. The predicted molar refractivity (Wildman–Crippen MR) is 115 cm³/mol. The maximum absolute atomic E-state index is 12.3. The Labute approximate surface area is 180 Å². The maximum Gasteiger partial charge on any atom is 0.267 e. The van der Waals surface area contributed by atoms with Crippen molar-refractivity contribution in [2.24, 2.45) is 0 Å². The molecule has 3 aromatic heterocycles. The highest BCUT2D eigenvalue weighted by atomic mass is 16.5. The van der Waals surface area contributed by atoms with Crippen molar-refractivity contribution in [1.82, 2.24) is 25.3 Å². The topological polar surface area (TPSA) is 105 Å². The largest absolute Gasteiger partial charge is 0.474 e. The van der Waals surface area contributed by atoms with E-state index in [0.717, 1.165) is 55.5 Å². The standard InChI is InChI=1S/C22H26N6O3/c29-21(18-2-1-7-24-18)26-15-3-5-16(6-4-15)31-22-17-13-23-14-25-19(17)12-20(27-22)28-8-10-30-11-9-28/h1-2,7,12-16,24H,3-6,8-11H2,(H,26,29). The Morgan fingerprint density at radius 2 is 2.06 bits per heavy atom. The molecule has 1 amide bonds. The van der Waals surface area contributed by atoms with Gasteiger partial charge in [0.05, 0.1) is 24.1 Å². The van der Waals surface area contributed by atoms with Gasteiger partial charge in [0.25, 0.3) is 5.91 Å². The van der Waals surface area contributed by atoms with Gasteiger partial charge in [-0.15, -0.1) is 0 Å². The van der Waals surface area contributed by atoms with E-state index in [1.54, 1.807) is 24.8 Å². The molecule has 0 aromatic carbocycles. The van der Waals surface area contributed by atoms with Crippen LogP contribution in [0.15, 0.2) is 36.9 Å². The smallest absolute Gasteiger partial charge is 0.267 e. The van der Waals surface area contributed by atoms with Gasteiger partial charge in [-0.2, -0.15) is 4.98 Å². The first-order valence-corrected chi connectivity index (χ1v) is 10.8. The number of amides is 1. The van der Waals surface area contributed by atoms with Crippen LogP contribution in [0.25, 0.3) is 10.9 Å². The summed E-state index contributed by atoms with van der Waals surface area (Å²) in [6.07, 6.45) is 8.57. The van der Waals surface area contributed by atoms with Crippen LogP contribution >= 0.6 is 0 Å². The van der Waals surface area contributed by atoms with Crippen molar-refractivity contribution in [2.75, 3.05) is 31.2 Å². The van der Waals surface area contributed by atoms with Crippen LogP contribution in [0, 0.1) is 0 Å². The van der Waals surface area contributed by atoms with Crippen LogP contribution < -0.4 is 15.0 Å². The van der Waals surface area contributed by atoms with Crippen LogP contribution in [0.2, 0.25) is 0 Å². The number of hydrogen-bond acceptors (Lipinski definition) is 7. The van der Waals surface area contributed by atoms with Gasteiger partial charge in [-0.25, -0.2) is 9.97 Å². The predicted octanol–water partition coefficient (Wildman–Crippen LogP) is 2.31. The molecule has 2 fully saturated rings. The van der Waals surface area contributed by atoms with Crippen molar-refractivity contribution in [2.45, 2.75) is 37.8 Å². The van der Waals surface area contributed by atoms with Crippen LogP contribution in [-0.4, -0.2) is 64.3 Å². The third-order valence-electron chi connectivity index (χ3n) is 5.92. The highest BCUT2D eigenvalue weighted by Gasteiger charge is 2.26. The summed E-state index contributed by atoms with van der Waals surface area (Å²) >= 11 is 0. The summed E-state index contributed by atoms with van der Waals surface area (Å²) in [5, 5.41) is 3.93. The van der Waals surface area contributed by atoms with E-state index in [-0.39, 0.29) is 18.1 Å². The summed E-state index contributed by atoms with van der Waals surface area (Å²) in [4.78, 5) is 30.8. The molecular formula is C22H26N6O3. The number of hydrogen-bond donors (Lipinski definition) is 2. The summed E-state index contributed by atoms with van der Waals surface area (Å²) in [5.41, 5.74) is 1.42. The molecule has 1 aliphatic carbocycles. The second-order valence-corrected chi connectivity index (χ2v) is 7.99. The number of carbonyl (C=O) groups excluding carboxylic acids is 1. The average molecular weight is 422 g/mol. The Morgan fingerprint density at radius 3 is 2.84 bits per heavy atom. The van der Waals surface area contributed by atoms with E-state index in [2.05, 4.69) is 25.2 Å². The number of aromatic nitrogens is 4. The molecule has 2 N–H and O–H groups in total. The fourth-order valence-corrected chi connectivity index (χ4v) is 4.20. The van der Waals surface area contributed by atoms with Gasteiger partial charge in [0.1, 0.15) is 23.9 Å². The Bertz CT molecular complexity index is 1030. The van der Waals surface area contributed by atoms with Crippen LogP contribution in [-0.2, 0) is 4.74 Å². The molecule has 1 saturated carbocycles. The van der Waals surface area contributed by atoms with Gasteiger partial charge < -0.3 is 24.7 Å². The lowest BCUT2D eigenvalue weighted by Gasteiger charge is -2.30. The first-order chi connectivity index (χ1) is 15.3. The van der Waals surface area contributed by atoms with E-state index in [4.69, 9.17) is 14.5 Å². The second kappa shape index (κ2) is 8.89. The van der Waals surface area contributed by atoms with Crippen LogP contribution in [0.3, 0.4) is 0 Å². The number of rotatable bonds is 5. The minimum Gasteiger partial charge on any atom is -0.474 e. The lowest BCUT2D eigenvalue weighted by Crippen LogP contribution is -2.40. The number of anilines is 1. The van der Waals surface area contributed by atoms with Crippen molar-refractivity contribution < 1.29 is 14.3 Å². The Morgan fingerprint density at radius 1 is 1.23 bits per heavy atom. The molecular weight excluding hydrogens is 396 g/mol. The third-order valence-corrected chi connectivity index (χ3v) is 5.92. The van der Waals surface area contributed by atoms with Crippen LogP contribution in [0.4, 0.5) is 5.82 Å². The third kappa shape index (κ3) is 4.46. The van der Waals surface area contributed by atoms with Crippen molar-refractivity contribution in [1.29, 1.82) is 0 Å². The number of ether oxygens (including phenoxy) is 2. The molecule has 0 unspecified atom stereocenters. The molecule has 0 radical (unpaired) electrons. The zero-order valence-corrected chi connectivity index (χ0v) is 17.3. The molecule has 4 heterocycles. The van der Waals surface area contributed by atoms with E-state index < -0.39 is 0 Å². The number of nitrogens with zero attached hydrogens (tertiary/aromatic N) is 4. The Kier molecular flexibility index (Phi) is 5.66. The molecule has 2 aliphatic rings. The minimum atomic E-state index is -0.0580. The number of pyridine rings is 1. The lowest BCUT2D eigenvalue weighted by molar-refractivity contribution is 0.0887. The monoisotopic (exact) mass is 422 g/mol. The second-order valence-electron chi connectivity index (χ2n) is 7.99.